The molecule has 4 heteroatoms. The highest BCUT2D eigenvalue weighted by Crippen LogP contribution is 2.27. The predicted molar refractivity (Wildman–Crippen MR) is 124 cm³/mol. The number of hydrogen-bond acceptors (Lipinski definition) is 3. The first-order valence-electron chi connectivity index (χ1n) is 11.0. The standard InChI is InChI=1S/C26H31N3O/c1-19(2)28(3)18-20-13-15-29(16-14-20)26(30)23-17-25(21-9-5-4-6-10-21)27-24-12-8-7-11-22(23)24/h4-12,17,19-20H,13-16,18H2,1-3H3. The number of benzene rings is 2. The molecule has 1 amide bonds. The fraction of sp³-hybridized carbons (Fsp3) is 0.385. The number of rotatable bonds is 5. The van der Waals surface area contributed by atoms with Crippen molar-refractivity contribution in [1.29, 1.82) is 0 Å². The Morgan fingerprint density at radius 2 is 1.73 bits per heavy atom. The number of fused-ring (bicyclic) bond motifs is 1. The van der Waals surface area contributed by atoms with Crippen LogP contribution in [0, 0.1) is 5.92 Å². The predicted octanol–water partition coefficient (Wildman–Crippen LogP) is 5.09. The van der Waals surface area contributed by atoms with Gasteiger partial charge in [0.2, 0.25) is 0 Å². The summed E-state index contributed by atoms with van der Waals surface area (Å²) < 4.78 is 0. The summed E-state index contributed by atoms with van der Waals surface area (Å²) in [5.74, 6) is 0.789. The van der Waals surface area contributed by atoms with E-state index in [2.05, 4.69) is 25.8 Å². The van der Waals surface area contributed by atoms with Gasteiger partial charge in [-0.1, -0.05) is 48.5 Å². The molecule has 1 aromatic heterocycles. The number of aromatic nitrogens is 1. The summed E-state index contributed by atoms with van der Waals surface area (Å²) in [5, 5.41) is 0.934. The van der Waals surface area contributed by atoms with Crippen molar-refractivity contribution in [2.45, 2.75) is 32.7 Å². The van der Waals surface area contributed by atoms with Crippen LogP contribution in [0.15, 0.2) is 60.7 Å². The van der Waals surface area contributed by atoms with E-state index in [0.717, 1.165) is 60.2 Å². The van der Waals surface area contributed by atoms with E-state index in [-0.39, 0.29) is 5.91 Å². The molecule has 3 aromatic rings. The third kappa shape index (κ3) is 4.39. The highest BCUT2D eigenvalue weighted by atomic mass is 16.2. The molecule has 0 aliphatic carbocycles. The normalized spacial score (nSPS) is 15.3. The molecule has 1 aliphatic rings. The van der Waals surface area contributed by atoms with Crippen molar-refractivity contribution in [2.75, 3.05) is 26.7 Å². The van der Waals surface area contributed by atoms with E-state index in [1.807, 2.05) is 65.6 Å². The van der Waals surface area contributed by atoms with E-state index >= 15 is 0 Å². The summed E-state index contributed by atoms with van der Waals surface area (Å²) in [4.78, 5) is 22.8. The molecule has 4 rings (SSSR count). The van der Waals surface area contributed by atoms with Crippen LogP contribution in [0.5, 0.6) is 0 Å². The number of carbonyl (C=O) groups excluding carboxylic acids is 1. The number of pyridine rings is 1. The molecule has 0 radical (unpaired) electrons. The largest absolute Gasteiger partial charge is 0.339 e. The topological polar surface area (TPSA) is 36.4 Å². The van der Waals surface area contributed by atoms with Gasteiger partial charge >= 0.3 is 0 Å². The lowest BCUT2D eigenvalue weighted by atomic mass is 9.95. The number of nitrogens with zero attached hydrogens (tertiary/aromatic N) is 3. The first-order chi connectivity index (χ1) is 14.5. The summed E-state index contributed by atoms with van der Waals surface area (Å²) in [6.07, 6.45) is 2.13. The lowest BCUT2D eigenvalue weighted by Crippen LogP contribution is -2.42. The Balaban J connectivity index is 1.58. The minimum Gasteiger partial charge on any atom is -0.339 e. The van der Waals surface area contributed by atoms with Gasteiger partial charge in [-0.15, -0.1) is 0 Å². The summed E-state index contributed by atoms with van der Waals surface area (Å²) >= 11 is 0. The Morgan fingerprint density at radius 1 is 1.07 bits per heavy atom. The second-order valence-electron chi connectivity index (χ2n) is 8.71. The van der Waals surface area contributed by atoms with Crippen molar-refractivity contribution in [3.05, 3.63) is 66.2 Å². The number of likely N-dealkylation sites (tertiary alicyclic amines) is 1. The van der Waals surface area contributed by atoms with Gasteiger partial charge in [0.15, 0.2) is 0 Å². The summed E-state index contributed by atoms with van der Waals surface area (Å²) in [6, 6.07) is 20.6. The molecular weight excluding hydrogens is 370 g/mol. The number of para-hydroxylation sites is 1. The maximum atomic E-state index is 13.5. The quantitative estimate of drug-likeness (QED) is 0.597. The zero-order valence-electron chi connectivity index (χ0n) is 18.2. The van der Waals surface area contributed by atoms with Gasteiger partial charge in [0.1, 0.15) is 0 Å². The maximum absolute atomic E-state index is 13.5. The van der Waals surface area contributed by atoms with Gasteiger partial charge in [0, 0.05) is 36.6 Å². The van der Waals surface area contributed by atoms with E-state index in [1.54, 1.807) is 0 Å². The lowest BCUT2D eigenvalue weighted by molar-refractivity contribution is 0.0668. The average molecular weight is 402 g/mol. The Bertz CT molecular complexity index is 1010. The zero-order valence-corrected chi connectivity index (χ0v) is 18.2. The molecule has 1 fully saturated rings. The van der Waals surface area contributed by atoms with Gasteiger partial charge in [-0.2, -0.15) is 0 Å². The van der Waals surface area contributed by atoms with Gasteiger partial charge < -0.3 is 9.80 Å². The van der Waals surface area contributed by atoms with E-state index in [9.17, 15) is 4.79 Å². The molecule has 0 unspecified atom stereocenters. The van der Waals surface area contributed by atoms with E-state index < -0.39 is 0 Å². The Kier molecular flexibility index (Phi) is 6.14. The van der Waals surface area contributed by atoms with Gasteiger partial charge in [0.25, 0.3) is 5.91 Å². The molecule has 0 bridgehead atoms. The van der Waals surface area contributed by atoms with Crippen molar-refractivity contribution >= 4 is 16.8 Å². The molecule has 30 heavy (non-hydrogen) atoms. The minimum atomic E-state index is 0.126. The average Bonchev–Trinajstić information content (AvgIpc) is 2.79. The fourth-order valence-electron chi connectivity index (χ4n) is 4.22. The molecule has 2 aromatic carbocycles. The van der Waals surface area contributed by atoms with Crippen molar-refractivity contribution in [1.82, 2.24) is 14.8 Å². The number of hydrogen-bond donors (Lipinski definition) is 0. The Labute approximate surface area is 179 Å². The van der Waals surface area contributed by atoms with Crippen LogP contribution in [-0.4, -0.2) is 53.4 Å². The van der Waals surface area contributed by atoms with Crippen molar-refractivity contribution in [3.63, 3.8) is 0 Å². The molecule has 0 N–H and O–H groups in total. The molecule has 156 valence electrons. The van der Waals surface area contributed by atoms with Crippen LogP contribution in [0.3, 0.4) is 0 Å². The molecule has 4 nitrogen and oxygen atoms in total. The van der Waals surface area contributed by atoms with Crippen molar-refractivity contribution < 1.29 is 4.79 Å². The van der Waals surface area contributed by atoms with Gasteiger partial charge in [-0.05, 0) is 51.8 Å². The third-order valence-corrected chi connectivity index (χ3v) is 6.35. The second-order valence-corrected chi connectivity index (χ2v) is 8.71. The SMILES string of the molecule is CC(C)N(C)CC1CCN(C(=O)c2cc(-c3ccccc3)nc3ccccc23)CC1. The first kappa shape index (κ1) is 20.5. The Hall–Kier alpha value is -2.72. The summed E-state index contributed by atoms with van der Waals surface area (Å²) in [7, 11) is 2.19. The number of carbonyl (C=O) groups is 1. The lowest BCUT2D eigenvalue weighted by Gasteiger charge is -2.35. The van der Waals surface area contributed by atoms with Crippen molar-refractivity contribution in [3.8, 4) is 11.3 Å². The maximum Gasteiger partial charge on any atom is 0.254 e. The highest BCUT2D eigenvalue weighted by Gasteiger charge is 2.26. The first-order valence-corrected chi connectivity index (χ1v) is 11.0. The highest BCUT2D eigenvalue weighted by molar-refractivity contribution is 6.07. The minimum absolute atomic E-state index is 0.126. The fourth-order valence-corrected chi connectivity index (χ4v) is 4.22. The van der Waals surface area contributed by atoms with Crippen LogP contribution in [0.2, 0.25) is 0 Å². The number of piperidine rings is 1. The van der Waals surface area contributed by atoms with Crippen LogP contribution in [0.4, 0.5) is 0 Å². The molecular formula is C26H31N3O. The van der Waals surface area contributed by atoms with Gasteiger partial charge in [-0.25, -0.2) is 4.98 Å². The number of amides is 1. The van der Waals surface area contributed by atoms with Gasteiger partial charge in [0.05, 0.1) is 16.8 Å². The van der Waals surface area contributed by atoms with Crippen molar-refractivity contribution in [2.24, 2.45) is 5.92 Å². The van der Waals surface area contributed by atoms with Crippen LogP contribution in [0.25, 0.3) is 22.2 Å². The molecule has 0 spiro atoms. The smallest absolute Gasteiger partial charge is 0.254 e. The van der Waals surface area contributed by atoms with E-state index in [1.165, 1.54) is 0 Å². The van der Waals surface area contributed by atoms with Gasteiger partial charge in [-0.3, -0.25) is 4.79 Å². The zero-order chi connectivity index (χ0) is 21.1. The van der Waals surface area contributed by atoms with Crippen LogP contribution < -0.4 is 0 Å². The molecule has 2 heterocycles. The third-order valence-electron chi connectivity index (χ3n) is 6.35. The monoisotopic (exact) mass is 401 g/mol. The molecule has 0 atom stereocenters. The summed E-state index contributed by atoms with van der Waals surface area (Å²) in [5.41, 5.74) is 3.52. The van der Waals surface area contributed by atoms with E-state index in [0.29, 0.717) is 12.0 Å². The molecule has 1 saturated heterocycles. The molecule has 0 saturated carbocycles. The molecule has 1 aliphatic heterocycles. The van der Waals surface area contributed by atoms with Crippen LogP contribution in [-0.2, 0) is 0 Å². The second kappa shape index (κ2) is 8.97. The van der Waals surface area contributed by atoms with E-state index in [4.69, 9.17) is 4.98 Å². The summed E-state index contributed by atoms with van der Waals surface area (Å²) in [6.45, 7) is 7.23. The van der Waals surface area contributed by atoms with Crippen LogP contribution in [0.1, 0.15) is 37.0 Å². The van der Waals surface area contributed by atoms with Crippen LogP contribution >= 0.6 is 0 Å². The Morgan fingerprint density at radius 3 is 2.43 bits per heavy atom.